The fourth-order valence-corrected chi connectivity index (χ4v) is 6.22. The number of ether oxygens (including phenoxy) is 1. The standard InChI is InChI=1S/C37H32ClF2N3O5S/c38-34-9-5-4-8-28(34)23-41-37(45)35(22-26-6-2-1-3-7-26)43(24-27-10-12-29(39)13-11-27)36(44)25-48-32-18-20-33(21-19-32)49(46,47)42-31-16-14-30(40)15-17-31/h1-21,35,42H,22-25H2,(H,41,45)/t35-/m1/s1. The van der Waals surface area contributed by atoms with Crippen LogP contribution in [0.2, 0.25) is 5.02 Å². The molecule has 5 rings (SSSR count). The Bertz CT molecular complexity index is 1980. The van der Waals surface area contributed by atoms with Crippen LogP contribution < -0.4 is 14.8 Å². The van der Waals surface area contributed by atoms with E-state index >= 15 is 0 Å². The Morgan fingerprint density at radius 2 is 1.37 bits per heavy atom. The Hall–Kier alpha value is -5.26. The molecule has 2 N–H and O–H groups in total. The molecule has 0 bridgehead atoms. The second-order valence-electron chi connectivity index (χ2n) is 11.0. The van der Waals surface area contributed by atoms with Gasteiger partial charge in [0.05, 0.1) is 4.90 Å². The van der Waals surface area contributed by atoms with Crippen LogP contribution in [0.4, 0.5) is 14.5 Å². The fourth-order valence-electron chi connectivity index (χ4n) is 4.96. The van der Waals surface area contributed by atoms with Gasteiger partial charge in [-0.2, -0.15) is 0 Å². The first-order valence-electron chi connectivity index (χ1n) is 15.2. The van der Waals surface area contributed by atoms with Crippen molar-refractivity contribution in [3.63, 3.8) is 0 Å². The molecule has 0 aliphatic carbocycles. The predicted octanol–water partition coefficient (Wildman–Crippen LogP) is 6.75. The molecule has 0 spiro atoms. The summed E-state index contributed by atoms with van der Waals surface area (Å²) in [6.45, 7) is -0.375. The quantitative estimate of drug-likeness (QED) is 0.133. The second-order valence-corrected chi connectivity index (χ2v) is 13.1. The number of carbonyl (C=O) groups excluding carboxylic acids is 2. The van der Waals surface area contributed by atoms with Crippen LogP contribution in [0.25, 0.3) is 0 Å². The third-order valence-corrected chi connectivity index (χ3v) is 9.31. The molecule has 49 heavy (non-hydrogen) atoms. The molecule has 8 nitrogen and oxygen atoms in total. The number of hydrogen-bond donors (Lipinski definition) is 2. The lowest BCUT2D eigenvalue weighted by Crippen LogP contribution is -2.51. The minimum Gasteiger partial charge on any atom is -0.484 e. The van der Waals surface area contributed by atoms with Gasteiger partial charge in [-0.15, -0.1) is 0 Å². The number of carbonyl (C=O) groups is 2. The zero-order valence-electron chi connectivity index (χ0n) is 26.1. The molecule has 1 atom stereocenters. The van der Waals surface area contributed by atoms with Crippen molar-refractivity contribution >= 4 is 39.1 Å². The lowest BCUT2D eigenvalue weighted by Gasteiger charge is -2.31. The summed E-state index contributed by atoms with van der Waals surface area (Å²) in [5.41, 5.74) is 2.29. The molecule has 0 unspecified atom stereocenters. The van der Waals surface area contributed by atoms with Crippen molar-refractivity contribution in [1.82, 2.24) is 10.2 Å². The highest BCUT2D eigenvalue weighted by Gasteiger charge is 2.31. The van der Waals surface area contributed by atoms with E-state index in [0.29, 0.717) is 16.1 Å². The number of anilines is 1. The van der Waals surface area contributed by atoms with E-state index in [-0.39, 0.29) is 35.8 Å². The van der Waals surface area contributed by atoms with Gasteiger partial charge in [0, 0.05) is 30.2 Å². The maximum absolute atomic E-state index is 13.9. The first kappa shape index (κ1) is 35.1. The van der Waals surface area contributed by atoms with E-state index in [2.05, 4.69) is 10.0 Å². The molecule has 0 fully saturated rings. The number of nitrogens with zero attached hydrogens (tertiary/aromatic N) is 1. The van der Waals surface area contributed by atoms with Gasteiger partial charge in [0.2, 0.25) is 5.91 Å². The monoisotopic (exact) mass is 703 g/mol. The van der Waals surface area contributed by atoms with E-state index in [1.807, 2.05) is 30.3 Å². The van der Waals surface area contributed by atoms with Crippen LogP contribution in [0.5, 0.6) is 5.75 Å². The molecule has 0 radical (unpaired) electrons. The Labute approximate surface area is 288 Å². The van der Waals surface area contributed by atoms with Crippen LogP contribution in [0, 0.1) is 11.6 Å². The van der Waals surface area contributed by atoms with Crippen LogP contribution in [-0.2, 0) is 39.1 Å². The summed E-state index contributed by atoms with van der Waals surface area (Å²) in [5.74, 6) is -1.70. The molecule has 0 aliphatic heterocycles. The molecule has 5 aromatic rings. The van der Waals surface area contributed by atoms with Gasteiger partial charge in [-0.1, -0.05) is 72.3 Å². The van der Waals surface area contributed by atoms with E-state index in [1.54, 1.807) is 24.3 Å². The van der Waals surface area contributed by atoms with Gasteiger partial charge in [0.25, 0.3) is 15.9 Å². The number of sulfonamides is 1. The molecule has 0 aliphatic rings. The van der Waals surface area contributed by atoms with Crippen molar-refractivity contribution in [3.05, 3.63) is 161 Å². The summed E-state index contributed by atoms with van der Waals surface area (Å²) >= 11 is 6.31. The Balaban J connectivity index is 1.35. The second kappa shape index (κ2) is 16.2. The first-order valence-corrected chi connectivity index (χ1v) is 17.0. The molecule has 2 amide bonds. The minimum absolute atomic E-state index is 0.0221. The molecule has 252 valence electrons. The third kappa shape index (κ3) is 9.88. The van der Waals surface area contributed by atoms with Crippen LogP contribution in [-0.4, -0.2) is 37.8 Å². The smallest absolute Gasteiger partial charge is 0.261 e. The molecule has 5 aromatic carbocycles. The summed E-state index contributed by atoms with van der Waals surface area (Å²) in [6.07, 6.45) is 0.176. The highest BCUT2D eigenvalue weighted by molar-refractivity contribution is 7.92. The van der Waals surface area contributed by atoms with E-state index in [4.69, 9.17) is 16.3 Å². The minimum atomic E-state index is -3.99. The molecular weight excluding hydrogens is 672 g/mol. The normalized spacial score (nSPS) is 11.7. The number of hydrogen-bond acceptors (Lipinski definition) is 5. The molecule has 0 aromatic heterocycles. The Morgan fingerprint density at radius 3 is 2.02 bits per heavy atom. The number of halogens is 3. The molecule has 0 saturated heterocycles. The molecule has 0 saturated carbocycles. The summed E-state index contributed by atoms with van der Waals surface area (Å²) < 4.78 is 60.8. The van der Waals surface area contributed by atoms with Crippen molar-refractivity contribution in [2.24, 2.45) is 0 Å². The largest absolute Gasteiger partial charge is 0.484 e. The summed E-state index contributed by atoms with van der Waals surface area (Å²) in [4.78, 5) is 29.0. The lowest BCUT2D eigenvalue weighted by molar-refractivity contribution is -0.142. The van der Waals surface area contributed by atoms with E-state index in [9.17, 15) is 26.8 Å². The molecular formula is C37H32ClF2N3O5S. The average molecular weight is 704 g/mol. The van der Waals surface area contributed by atoms with Crippen molar-refractivity contribution in [3.8, 4) is 5.75 Å². The summed E-state index contributed by atoms with van der Waals surface area (Å²) in [6, 6.07) is 31.3. The fraction of sp³-hybridized carbons (Fsp3) is 0.135. The van der Waals surface area contributed by atoms with E-state index < -0.39 is 46.1 Å². The molecule has 12 heteroatoms. The van der Waals surface area contributed by atoms with E-state index in [0.717, 1.165) is 17.7 Å². The average Bonchev–Trinajstić information content (AvgIpc) is 3.10. The molecule has 0 heterocycles. The third-order valence-electron chi connectivity index (χ3n) is 7.54. The summed E-state index contributed by atoms with van der Waals surface area (Å²) in [5, 5.41) is 3.39. The van der Waals surface area contributed by atoms with Gasteiger partial charge >= 0.3 is 0 Å². The van der Waals surface area contributed by atoms with Crippen LogP contribution >= 0.6 is 11.6 Å². The lowest BCUT2D eigenvalue weighted by atomic mass is 10.0. The predicted molar refractivity (Wildman–Crippen MR) is 183 cm³/mol. The maximum Gasteiger partial charge on any atom is 0.261 e. The van der Waals surface area contributed by atoms with Crippen LogP contribution in [0.1, 0.15) is 16.7 Å². The zero-order chi connectivity index (χ0) is 34.8. The van der Waals surface area contributed by atoms with Gasteiger partial charge in [0.1, 0.15) is 23.4 Å². The van der Waals surface area contributed by atoms with Gasteiger partial charge in [-0.05, 0) is 83.4 Å². The van der Waals surface area contributed by atoms with Gasteiger partial charge in [0.15, 0.2) is 6.61 Å². The van der Waals surface area contributed by atoms with Crippen LogP contribution in [0.15, 0.2) is 132 Å². The maximum atomic E-state index is 13.9. The van der Waals surface area contributed by atoms with Crippen LogP contribution in [0.3, 0.4) is 0 Å². The number of rotatable bonds is 14. The Morgan fingerprint density at radius 1 is 0.755 bits per heavy atom. The van der Waals surface area contributed by atoms with Crippen molar-refractivity contribution < 1.29 is 31.5 Å². The number of benzene rings is 5. The SMILES string of the molecule is O=C(NCc1ccccc1Cl)[C@@H](Cc1ccccc1)N(Cc1ccc(F)cc1)C(=O)COc1ccc(S(=O)(=O)Nc2ccc(F)cc2)cc1. The van der Waals surface area contributed by atoms with Crippen molar-refractivity contribution in [2.75, 3.05) is 11.3 Å². The topological polar surface area (TPSA) is 105 Å². The van der Waals surface area contributed by atoms with Crippen molar-refractivity contribution in [1.29, 1.82) is 0 Å². The number of amides is 2. The Kier molecular flexibility index (Phi) is 11.6. The highest BCUT2D eigenvalue weighted by Crippen LogP contribution is 2.21. The van der Waals surface area contributed by atoms with Gasteiger partial charge in [-0.25, -0.2) is 17.2 Å². The highest BCUT2D eigenvalue weighted by atomic mass is 35.5. The van der Waals surface area contributed by atoms with Crippen molar-refractivity contribution in [2.45, 2.75) is 30.4 Å². The van der Waals surface area contributed by atoms with E-state index in [1.165, 1.54) is 65.6 Å². The number of nitrogens with one attached hydrogen (secondary N) is 2. The van der Waals surface area contributed by atoms with Gasteiger partial charge < -0.3 is 15.0 Å². The zero-order valence-corrected chi connectivity index (χ0v) is 27.6. The van der Waals surface area contributed by atoms with Gasteiger partial charge in [-0.3, -0.25) is 14.3 Å². The summed E-state index contributed by atoms with van der Waals surface area (Å²) in [7, 11) is -3.99. The first-order chi connectivity index (χ1) is 23.6.